The Morgan fingerprint density at radius 1 is 0.929 bits per heavy atom. The van der Waals surface area contributed by atoms with E-state index in [0.717, 1.165) is 32.1 Å². The van der Waals surface area contributed by atoms with Crippen LogP contribution in [0.1, 0.15) is 12.5 Å². The third-order valence-corrected chi connectivity index (χ3v) is 6.10. The fourth-order valence-electron chi connectivity index (χ4n) is 3.75. The lowest BCUT2D eigenvalue weighted by atomic mass is 10.1. The molecule has 28 heavy (non-hydrogen) atoms. The minimum Gasteiger partial charge on any atom is -0.389 e. The molecule has 1 unspecified atom stereocenters. The Morgan fingerprint density at radius 2 is 1.54 bits per heavy atom. The van der Waals surface area contributed by atoms with Gasteiger partial charge in [-0.2, -0.15) is 0 Å². The van der Waals surface area contributed by atoms with Gasteiger partial charge in [0.15, 0.2) is 0 Å². The number of benzene rings is 3. The van der Waals surface area contributed by atoms with Crippen molar-refractivity contribution in [2.45, 2.75) is 26.0 Å². The van der Waals surface area contributed by atoms with Crippen molar-refractivity contribution in [2.24, 2.45) is 0 Å². The molecule has 0 spiro atoms. The maximum absolute atomic E-state index is 10.8. The van der Waals surface area contributed by atoms with E-state index in [2.05, 4.69) is 103 Å². The number of nitrogens with one attached hydrogen (secondary N) is 1. The number of aliphatic hydroxyl groups excluding tert-OH is 1. The highest BCUT2D eigenvalue weighted by atomic mass is 79.9. The number of aromatic nitrogens is 1. The SMILES string of the molecule is CCc1ccccc1NCC(O)Cn1c2ccc(Br)cc2c2cc(Br)ccc21. The summed E-state index contributed by atoms with van der Waals surface area (Å²) in [6, 6.07) is 20.9. The summed E-state index contributed by atoms with van der Waals surface area (Å²) in [6.45, 7) is 3.18. The van der Waals surface area contributed by atoms with Crippen LogP contribution in [0.2, 0.25) is 0 Å². The summed E-state index contributed by atoms with van der Waals surface area (Å²) in [7, 11) is 0. The Morgan fingerprint density at radius 3 is 2.14 bits per heavy atom. The van der Waals surface area contributed by atoms with Crippen molar-refractivity contribution >= 4 is 59.4 Å². The maximum atomic E-state index is 10.8. The van der Waals surface area contributed by atoms with Crippen LogP contribution in [-0.4, -0.2) is 22.3 Å². The fraction of sp³-hybridized carbons (Fsp3) is 0.217. The summed E-state index contributed by atoms with van der Waals surface area (Å²) in [5.41, 5.74) is 4.62. The van der Waals surface area contributed by atoms with Crippen LogP contribution in [0.15, 0.2) is 69.6 Å². The number of hydrogen-bond acceptors (Lipinski definition) is 2. The predicted molar refractivity (Wildman–Crippen MR) is 125 cm³/mol. The third kappa shape index (κ3) is 3.84. The molecule has 0 amide bonds. The molecular formula is C23H22Br2N2O. The van der Waals surface area contributed by atoms with Crippen LogP contribution >= 0.6 is 31.9 Å². The molecule has 5 heteroatoms. The van der Waals surface area contributed by atoms with Gasteiger partial charge in [-0.15, -0.1) is 0 Å². The lowest BCUT2D eigenvalue weighted by Gasteiger charge is -2.17. The second-order valence-corrected chi connectivity index (χ2v) is 8.81. The van der Waals surface area contributed by atoms with E-state index in [1.807, 2.05) is 6.07 Å². The lowest BCUT2D eigenvalue weighted by molar-refractivity contribution is 0.169. The molecule has 3 aromatic carbocycles. The topological polar surface area (TPSA) is 37.2 Å². The number of rotatable bonds is 6. The highest BCUT2D eigenvalue weighted by Gasteiger charge is 2.15. The Labute approximate surface area is 181 Å². The van der Waals surface area contributed by atoms with E-state index in [-0.39, 0.29) is 0 Å². The van der Waals surface area contributed by atoms with Crippen LogP contribution in [0.25, 0.3) is 21.8 Å². The molecule has 4 rings (SSSR count). The van der Waals surface area contributed by atoms with Crippen molar-refractivity contribution in [2.75, 3.05) is 11.9 Å². The van der Waals surface area contributed by atoms with E-state index in [1.54, 1.807) is 0 Å². The molecule has 0 fully saturated rings. The second kappa shape index (κ2) is 8.27. The molecule has 3 nitrogen and oxygen atoms in total. The molecule has 1 heterocycles. The van der Waals surface area contributed by atoms with E-state index < -0.39 is 6.10 Å². The van der Waals surface area contributed by atoms with Gasteiger partial charge in [0.1, 0.15) is 0 Å². The van der Waals surface area contributed by atoms with Crippen molar-refractivity contribution in [1.82, 2.24) is 4.57 Å². The predicted octanol–water partition coefficient (Wildman–Crippen LogP) is 6.35. The molecule has 0 bridgehead atoms. The van der Waals surface area contributed by atoms with Crippen molar-refractivity contribution in [3.8, 4) is 0 Å². The zero-order valence-corrected chi connectivity index (χ0v) is 18.8. The molecule has 4 aromatic rings. The monoisotopic (exact) mass is 500 g/mol. The van der Waals surface area contributed by atoms with Gasteiger partial charge in [0.2, 0.25) is 0 Å². The number of aliphatic hydroxyl groups is 1. The van der Waals surface area contributed by atoms with Gasteiger partial charge in [-0.3, -0.25) is 0 Å². The Balaban J connectivity index is 1.63. The average Bonchev–Trinajstić information content (AvgIpc) is 2.98. The number of halogens is 2. The van der Waals surface area contributed by atoms with E-state index in [9.17, 15) is 5.11 Å². The number of aryl methyl sites for hydroxylation is 1. The third-order valence-electron chi connectivity index (χ3n) is 5.11. The molecule has 0 aliphatic carbocycles. The first-order valence-electron chi connectivity index (χ1n) is 9.43. The van der Waals surface area contributed by atoms with Gasteiger partial charge < -0.3 is 15.0 Å². The normalized spacial score (nSPS) is 12.6. The minimum atomic E-state index is -0.504. The minimum absolute atomic E-state index is 0.504. The largest absolute Gasteiger partial charge is 0.389 e. The van der Waals surface area contributed by atoms with Crippen LogP contribution in [0, 0.1) is 0 Å². The molecule has 1 aromatic heterocycles. The highest BCUT2D eigenvalue weighted by molar-refractivity contribution is 9.10. The maximum Gasteiger partial charge on any atom is 0.0891 e. The van der Waals surface area contributed by atoms with Gasteiger partial charge in [0.05, 0.1) is 12.6 Å². The van der Waals surface area contributed by atoms with Crippen LogP contribution in [0.3, 0.4) is 0 Å². The molecular weight excluding hydrogens is 480 g/mol. The molecule has 144 valence electrons. The van der Waals surface area contributed by atoms with E-state index in [4.69, 9.17) is 0 Å². The zero-order valence-electron chi connectivity index (χ0n) is 15.6. The number of nitrogens with zero attached hydrogens (tertiary/aromatic N) is 1. The number of anilines is 1. The zero-order chi connectivity index (χ0) is 19.7. The number of fused-ring (bicyclic) bond motifs is 3. The molecule has 0 radical (unpaired) electrons. The van der Waals surface area contributed by atoms with Gasteiger partial charge in [-0.05, 0) is 54.4 Å². The summed E-state index contributed by atoms with van der Waals surface area (Å²) in [4.78, 5) is 0. The van der Waals surface area contributed by atoms with Gasteiger partial charge in [-0.25, -0.2) is 0 Å². The summed E-state index contributed by atoms with van der Waals surface area (Å²) >= 11 is 7.16. The van der Waals surface area contributed by atoms with Gasteiger partial charge in [-0.1, -0.05) is 57.0 Å². The smallest absolute Gasteiger partial charge is 0.0891 e. The number of para-hydroxylation sites is 1. The standard InChI is InChI=1S/C23H22Br2N2O/c1-2-15-5-3-4-6-21(15)26-13-18(28)14-27-22-9-7-16(24)11-19(22)20-12-17(25)8-10-23(20)27/h3-12,18,26,28H,2,13-14H2,1H3. The quantitative estimate of drug-likeness (QED) is 0.322. The van der Waals surface area contributed by atoms with Gasteiger partial charge >= 0.3 is 0 Å². The van der Waals surface area contributed by atoms with Crippen molar-refractivity contribution in [3.63, 3.8) is 0 Å². The highest BCUT2D eigenvalue weighted by Crippen LogP contribution is 2.33. The Kier molecular flexibility index (Phi) is 5.76. The molecule has 1 atom stereocenters. The van der Waals surface area contributed by atoms with Crippen LogP contribution in [0.5, 0.6) is 0 Å². The van der Waals surface area contributed by atoms with Crippen LogP contribution in [0.4, 0.5) is 5.69 Å². The summed E-state index contributed by atoms with van der Waals surface area (Å²) < 4.78 is 4.32. The van der Waals surface area contributed by atoms with Crippen LogP contribution < -0.4 is 5.32 Å². The average molecular weight is 502 g/mol. The second-order valence-electron chi connectivity index (χ2n) is 6.98. The van der Waals surface area contributed by atoms with Crippen molar-refractivity contribution in [3.05, 3.63) is 75.2 Å². The van der Waals surface area contributed by atoms with Gasteiger partial charge in [0.25, 0.3) is 0 Å². The molecule has 0 aliphatic heterocycles. The van der Waals surface area contributed by atoms with Crippen LogP contribution in [-0.2, 0) is 13.0 Å². The Bertz CT molecular complexity index is 1080. The molecule has 0 saturated carbocycles. The Hall–Kier alpha value is -1.82. The van der Waals surface area contributed by atoms with Crippen molar-refractivity contribution < 1.29 is 5.11 Å². The first kappa shape index (κ1) is 19.5. The number of hydrogen-bond donors (Lipinski definition) is 2. The first-order valence-corrected chi connectivity index (χ1v) is 11.0. The molecule has 0 saturated heterocycles. The first-order chi connectivity index (χ1) is 13.6. The fourth-order valence-corrected chi connectivity index (χ4v) is 4.47. The van der Waals surface area contributed by atoms with E-state index >= 15 is 0 Å². The summed E-state index contributed by atoms with van der Waals surface area (Å²) in [6.07, 6.45) is 0.464. The summed E-state index contributed by atoms with van der Waals surface area (Å²) in [5.74, 6) is 0. The lowest BCUT2D eigenvalue weighted by Crippen LogP contribution is -2.25. The summed E-state index contributed by atoms with van der Waals surface area (Å²) in [5, 5.41) is 16.5. The molecule has 2 N–H and O–H groups in total. The van der Waals surface area contributed by atoms with Crippen molar-refractivity contribution in [1.29, 1.82) is 0 Å². The van der Waals surface area contributed by atoms with Gasteiger partial charge in [0, 0.05) is 43.0 Å². The van der Waals surface area contributed by atoms with E-state index in [1.165, 1.54) is 16.3 Å². The molecule has 0 aliphatic rings. The van der Waals surface area contributed by atoms with E-state index in [0.29, 0.717) is 13.1 Å².